The molecule has 0 spiro atoms. The zero-order chi connectivity index (χ0) is 20.8. The fraction of sp³-hybridized carbons (Fsp3) is 0.261. The predicted molar refractivity (Wildman–Crippen MR) is 120 cm³/mol. The third-order valence-electron chi connectivity index (χ3n) is 5.92. The van der Waals surface area contributed by atoms with Gasteiger partial charge in [-0.1, -0.05) is 24.3 Å². The van der Waals surface area contributed by atoms with E-state index in [1.807, 2.05) is 29.6 Å². The van der Waals surface area contributed by atoms with Crippen LogP contribution in [0.5, 0.6) is 0 Å². The molecule has 30 heavy (non-hydrogen) atoms. The summed E-state index contributed by atoms with van der Waals surface area (Å²) in [6, 6.07) is 18.1. The molecule has 1 saturated carbocycles. The number of rotatable bonds is 5. The summed E-state index contributed by atoms with van der Waals surface area (Å²) in [7, 11) is -3.61. The molecule has 154 valence electrons. The number of benzene rings is 2. The number of carbonyl (C=O) groups excluding carboxylic acids is 1. The fourth-order valence-corrected chi connectivity index (χ4v) is 6.67. The second-order valence-electron chi connectivity index (χ2n) is 7.85. The highest BCUT2D eigenvalue weighted by molar-refractivity contribution is 7.92. The van der Waals surface area contributed by atoms with Crippen molar-refractivity contribution in [3.8, 4) is 0 Å². The van der Waals surface area contributed by atoms with Crippen LogP contribution in [0.4, 0.5) is 11.4 Å². The summed E-state index contributed by atoms with van der Waals surface area (Å²) >= 11 is 1.62. The quantitative estimate of drug-likeness (QED) is 0.635. The number of fused-ring (bicyclic) bond motifs is 1. The Labute approximate surface area is 180 Å². The molecule has 1 aliphatic carbocycles. The van der Waals surface area contributed by atoms with Crippen molar-refractivity contribution in [1.82, 2.24) is 0 Å². The topological polar surface area (TPSA) is 66.5 Å². The highest BCUT2D eigenvalue weighted by atomic mass is 32.2. The van der Waals surface area contributed by atoms with Crippen LogP contribution in [0.3, 0.4) is 0 Å². The molecule has 5 nitrogen and oxygen atoms in total. The molecule has 1 amide bonds. The standard InChI is InChI=1S/C23H22N2O3S2/c26-22(23(12-13-23)21-9-5-15-29-21)24-18-10-11-20-17(16-18)6-4-14-25(20)30(27,28)19-7-2-1-3-8-19/h1-3,5,7-11,15-16H,4,6,12-14H2,(H,24,26). The molecule has 0 unspecified atom stereocenters. The summed E-state index contributed by atoms with van der Waals surface area (Å²) in [4.78, 5) is 14.4. The van der Waals surface area contributed by atoms with Crippen molar-refractivity contribution >= 4 is 38.6 Å². The van der Waals surface area contributed by atoms with Crippen LogP contribution in [0.1, 0.15) is 29.7 Å². The number of aryl methyl sites for hydroxylation is 1. The highest BCUT2D eigenvalue weighted by Gasteiger charge is 2.52. The van der Waals surface area contributed by atoms with Gasteiger partial charge in [0, 0.05) is 17.1 Å². The first kappa shape index (κ1) is 19.3. The molecule has 2 aliphatic rings. The molecule has 1 N–H and O–H groups in total. The van der Waals surface area contributed by atoms with E-state index >= 15 is 0 Å². The largest absolute Gasteiger partial charge is 0.325 e. The molecule has 7 heteroatoms. The molecular weight excluding hydrogens is 416 g/mol. The molecule has 0 bridgehead atoms. The van der Waals surface area contributed by atoms with Crippen LogP contribution >= 0.6 is 11.3 Å². The van der Waals surface area contributed by atoms with Gasteiger partial charge in [-0.2, -0.15) is 0 Å². The van der Waals surface area contributed by atoms with E-state index in [1.54, 1.807) is 47.7 Å². The van der Waals surface area contributed by atoms with Crippen molar-refractivity contribution in [3.05, 3.63) is 76.5 Å². The van der Waals surface area contributed by atoms with Crippen LogP contribution in [0.2, 0.25) is 0 Å². The highest BCUT2D eigenvalue weighted by Crippen LogP contribution is 2.50. The predicted octanol–water partition coefficient (Wildman–Crippen LogP) is 4.56. The van der Waals surface area contributed by atoms with E-state index in [2.05, 4.69) is 5.32 Å². The van der Waals surface area contributed by atoms with E-state index in [-0.39, 0.29) is 5.91 Å². The Kier molecular flexibility index (Phi) is 4.67. The molecule has 1 aromatic heterocycles. The first-order valence-corrected chi connectivity index (χ1v) is 12.4. The van der Waals surface area contributed by atoms with Crippen molar-refractivity contribution in [1.29, 1.82) is 0 Å². The number of thiophene rings is 1. The second kappa shape index (κ2) is 7.25. The summed E-state index contributed by atoms with van der Waals surface area (Å²) < 4.78 is 27.8. The Balaban J connectivity index is 1.41. The normalized spacial score (nSPS) is 17.3. The van der Waals surface area contributed by atoms with Crippen LogP contribution in [0.15, 0.2) is 70.9 Å². The van der Waals surface area contributed by atoms with Gasteiger partial charge in [0.2, 0.25) is 5.91 Å². The number of amides is 1. The van der Waals surface area contributed by atoms with Gasteiger partial charge in [0.05, 0.1) is 16.0 Å². The van der Waals surface area contributed by atoms with Gasteiger partial charge in [0.1, 0.15) is 0 Å². The minimum Gasteiger partial charge on any atom is -0.325 e. The lowest BCUT2D eigenvalue weighted by Gasteiger charge is -2.31. The summed E-state index contributed by atoms with van der Waals surface area (Å²) in [5, 5.41) is 5.07. The van der Waals surface area contributed by atoms with E-state index in [1.165, 1.54) is 4.31 Å². The Bertz CT molecular complexity index is 1180. The summed E-state index contributed by atoms with van der Waals surface area (Å²) in [6.07, 6.45) is 3.27. The monoisotopic (exact) mass is 438 g/mol. The zero-order valence-electron chi connectivity index (χ0n) is 16.4. The maximum absolute atomic E-state index is 13.1. The lowest BCUT2D eigenvalue weighted by Crippen LogP contribution is -2.35. The van der Waals surface area contributed by atoms with Gasteiger partial charge in [0.25, 0.3) is 10.0 Å². The number of anilines is 2. The zero-order valence-corrected chi connectivity index (χ0v) is 18.0. The fourth-order valence-electron chi connectivity index (χ4n) is 4.12. The number of carbonyl (C=O) groups is 1. The van der Waals surface area contributed by atoms with Gasteiger partial charge in [-0.15, -0.1) is 11.3 Å². The molecule has 2 heterocycles. The molecule has 3 aromatic rings. The van der Waals surface area contributed by atoms with E-state index in [4.69, 9.17) is 0 Å². The van der Waals surface area contributed by atoms with E-state index in [0.29, 0.717) is 17.1 Å². The average molecular weight is 439 g/mol. The van der Waals surface area contributed by atoms with Crippen LogP contribution in [0.25, 0.3) is 0 Å². The van der Waals surface area contributed by atoms with Gasteiger partial charge in [-0.25, -0.2) is 8.42 Å². The van der Waals surface area contributed by atoms with Gasteiger partial charge >= 0.3 is 0 Å². The Morgan fingerprint density at radius 2 is 1.83 bits per heavy atom. The maximum atomic E-state index is 13.1. The Morgan fingerprint density at radius 1 is 1.03 bits per heavy atom. The first-order chi connectivity index (χ1) is 14.5. The number of nitrogens with zero attached hydrogens (tertiary/aromatic N) is 1. The number of nitrogens with one attached hydrogen (secondary N) is 1. The van der Waals surface area contributed by atoms with Gasteiger partial charge in [0.15, 0.2) is 0 Å². The lowest BCUT2D eigenvalue weighted by molar-refractivity contribution is -0.118. The third kappa shape index (κ3) is 3.22. The van der Waals surface area contributed by atoms with E-state index in [0.717, 1.165) is 41.8 Å². The van der Waals surface area contributed by atoms with E-state index < -0.39 is 15.4 Å². The van der Waals surface area contributed by atoms with Crippen molar-refractivity contribution in [2.75, 3.05) is 16.2 Å². The minimum atomic E-state index is -3.61. The van der Waals surface area contributed by atoms with Gasteiger partial charge in [-0.05, 0) is 73.0 Å². The maximum Gasteiger partial charge on any atom is 0.264 e. The molecule has 1 fully saturated rings. The molecule has 5 rings (SSSR count). The average Bonchev–Trinajstić information content (AvgIpc) is 3.40. The third-order valence-corrected chi connectivity index (χ3v) is 8.82. The molecular formula is C23H22N2O3S2. The van der Waals surface area contributed by atoms with E-state index in [9.17, 15) is 13.2 Å². The summed E-state index contributed by atoms with van der Waals surface area (Å²) in [5.41, 5.74) is 1.97. The van der Waals surface area contributed by atoms with Crippen molar-refractivity contribution in [3.63, 3.8) is 0 Å². The summed E-state index contributed by atoms with van der Waals surface area (Å²) in [5.74, 6) is 0.0227. The van der Waals surface area contributed by atoms with Crippen LogP contribution in [-0.2, 0) is 26.7 Å². The summed E-state index contributed by atoms with van der Waals surface area (Å²) in [6.45, 7) is 0.456. The number of hydrogen-bond donors (Lipinski definition) is 1. The second-order valence-corrected chi connectivity index (χ2v) is 10.7. The van der Waals surface area contributed by atoms with Gasteiger partial charge in [-0.3, -0.25) is 9.10 Å². The molecule has 0 radical (unpaired) electrons. The SMILES string of the molecule is O=C(Nc1ccc2c(c1)CCCN2S(=O)(=O)c1ccccc1)C1(c2cccs2)CC1. The number of sulfonamides is 1. The van der Waals surface area contributed by atoms with Crippen LogP contribution in [-0.4, -0.2) is 20.9 Å². The van der Waals surface area contributed by atoms with Crippen molar-refractivity contribution in [2.45, 2.75) is 36.0 Å². The first-order valence-electron chi connectivity index (χ1n) is 10.1. The molecule has 0 saturated heterocycles. The lowest BCUT2D eigenvalue weighted by atomic mass is 10.0. The van der Waals surface area contributed by atoms with Gasteiger partial charge < -0.3 is 5.32 Å². The Morgan fingerprint density at radius 3 is 2.53 bits per heavy atom. The smallest absolute Gasteiger partial charge is 0.264 e. The number of hydrogen-bond acceptors (Lipinski definition) is 4. The van der Waals surface area contributed by atoms with Crippen molar-refractivity contribution < 1.29 is 13.2 Å². The van der Waals surface area contributed by atoms with Crippen molar-refractivity contribution in [2.24, 2.45) is 0 Å². The van der Waals surface area contributed by atoms with Crippen LogP contribution in [0, 0.1) is 0 Å². The molecule has 0 atom stereocenters. The Hall–Kier alpha value is -2.64. The molecule has 1 aliphatic heterocycles. The minimum absolute atomic E-state index is 0.0227. The van der Waals surface area contributed by atoms with Crippen LogP contribution < -0.4 is 9.62 Å². The molecule has 2 aromatic carbocycles.